The van der Waals surface area contributed by atoms with Crippen LogP contribution in [-0.2, 0) is 21.2 Å². The van der Waals surface area contributed by atoms with Crippen LogP contribution in [0.15, 0.2) is 46.9 Å². The Morgan fingerprint density at radius 3 is 2.35 bits per heavy atom. The molecule has 0 saturated carbocycles. The van der Waals surface area contributed by atoms with Crippen molar-refractivity contribution in [3.63, 3.8) is 0 Å². The Balaban J connectivity index is 2.30. The first-order valence-electron chi connectivity index (χ1n) is 7.97. The molecule has 0 aliphatic carbocycles. The zero-order valence-corrected chi connectivity index (χ0v) is 17.1. The highest BCUT2D eigenvalue weighted by molar-refractivity contribution is 9.10. The summed E-state index contributed by atoms with van der Waals surface area (Å²) >= 11 is 3.14. The predicted octanol–water partition coefficient (Wildman–Crippen LogP) is 3.94. The number of hydrogen-bond donors (Lipinski definition) is 1. The number of aryl methyl sites for hydroxylation is 1. The first-order chi connectivity index (χ1) is 12.1. The third-order valence-corrected chi connectivity index (χ3v) is 5.61. The summed E-state index contributed by atoms with van der Waals surface area (Å²) in [6.45, 7) is 3.45. The van der Waals surface area contributed by atoms with E-state index in [0.29, 0.717) is 10.2 Å². The Hall–Kier alpha value is -1.93. The number of rotatable bonds is 6. The fourth-order valence-corrected chi connectivity index (χ4v) is 4.02. The molecule has 0 radical (unpaired) electrons. The highest BCUT2D eigenvalue weighted by Crippen LogP contribution is 2.24. The number of benzene rings is 2. The van der Waals surface area contributed by atoms with Gasteiger partial charge in [0.25, 0.3) is 0 Å². The van der Waals surface area contributed by atoms with Crippen molar-refractivity contribution < 1.29 is 17.6 Å². The third-order valence-electron chi connectivity index (χ3n) is 3.88. The topological polar surface area (TPSA) is 66.5 Å². The Bertz CT molecular complexity index is 901. The summed E-state index contributed by atoms with van der Waals surface area (Å²) < 4.78 is 40.0. The maximum atomic E-state index is 13.9. The summed E-state index contributed by atoms with van der Waals surface area (Å²) in [5.74, 6) is -1.24. The summed E-state index contributed by atoms with van der Waals surface area (Å²) in [5, 5.41) is 2.44. The molecule has 140 valence electrons. The summed E-state index contributed by atoms with van der Waals surface area (Å²) in [7, 11) is -3.72. The van der Waals surface area contributed by atoms with E-state index in [4.69, 9.17) is 0 Å². The second kappa shape index (κ2) is 8.18. The summed E-state index contributed by atoms with van der Waals surface area (Å²) in [6.07, 6.45) is 1.85. The molecule has 0 spiro atoms. The second-order valence-electron chi connectivity index (χ2n) is 5.87. The quantitative estimate of drug-likeness (QED) is 0.736. The molecular weight excluding hydrogens is 423 g/mol. The van der Waals surface area contributed by atoms with Crippen LogP contribution in [-0.4, -0.2) is 26.6 Å². The van der Waals surface area contributed by atoms with Gasteiger partial charge in [0.1, 0.15) is 11.9 Å². The van der Waals surface area contributed by atoms with E-state index in [0.717, 1.165) is 22.5 Å². The molecule has 5 nitrogen and oxygen atoms in total. The Morgan fingerprint density at radius 2 is 1.85 bits per heavy atom. The fourth-order valence-electron chi connectivity index (χ4n) is 2.52. The highest BCUT2D eigenvalue weighted by atomic mass is 79.9. The monoisotopic (exact) mass is 442 g/mol. The number of nitrogens with one attached hydrogen (secondary N) is 1. The van der Waals surface area contributed by atoms with E-state index in [2.05, 4.69) is 21.2 Å². The van der Waals surface area contributed by atoms with Gasteiger partial charge >= 0.3 is 0 Å². The molecule has 1 atom stereocenters. The van der Waals surface area contributed by atoms with Crippen molar-refractivity contribution in [2.75, 3.05) is 15.9 Å². The van der Waals surface area contributed by atoms with Gasteiger partial charge in [-0.1, -0.05) is 35.0 Å². The van der Waals surface area contributed by atoms with Gasteiger partial charge in [0.2, 0.25) is 15.9 Å². The first-order valence-corrected chi connectivity index (χ1v) is 10.6. The maximum Gasteiger partial charge on any atom is 0.248 e. The van der Waals surface area contributed by atoms with E-state index in [9.17, 15) is 17.6 Å². The van der Waals surface area contributed by atoms with E-state index < -0.39 is 27.8 Å². The van der Waals surface area contributed by atoms with Gasteiger partial charge in [-0.2, -0.15) is 0 Å². The lowest BCUT2D eigenvalue weighted by Crippen LogP contribution is -2.45. The molecule has 0 aliphatic rings. The van der Waals surface area contributed by atoms with Gasteiger partial charge in [-0.05, 0) is 49.2 Å². The first kappa shape index (κ1) is 20.4. The minimum atomic E-state index is -3.72. The predicted molar refractivity (Wildman–Crippen MR) is 105 cm³/mol. The fraction of sp³-hybridized carbons (Fsp3) is 0.278. The molecule has 2 rings (SSSR count). The van der Waals surface area contributed by atoms with Crippen molar-refractivity contribution >= 4 is 43.2 Å². The van der Waals surface area contributed by atoms with Crippen LogP contribution >= 0.6 is 15.9 Å². The van der Waals surface area contributed by atoms with Gasteiger partial charge in [0.15, 0.2) is 0 Å². The molecule has 1 amide bonds. The molecule has 2 aromatic carbocycles. The lowest BCUT2D eigenvalue weighted by Gasteiger charge is -2.28. The largest absolute Gasteiger partial charge is 0.322 e. The van der Waals surface area contributed by atoms with Crippen molar-refractivity contribution in [2.24, 2.45) is 0 Å². The van der Waals surface area contributed by atoms with Crippen LogP contribution in [0.4, 0.5) is 15.8 Å². The van der Waals surface area contributed by atoms with Crippen LogP contribution in [0.25, 0.3) is 0 Å². The number of hydrogen-bond acceptors (Lipinski definition) is 3. The van der Waals surface area contributed by atoms with E-state index in [1.165, 1.54) is 19.1 Å². The SMILES string of the molecule is CCc1ccc(N(C(C)C(=O)Nc2ccc(Br)cc2F)S(C)(=O)=O)cc1. The molecule has 0 fully saturated rings. The van der Waals surface area contributed by atoms with E-state index >= 15 is 0 Å². The molecule has 0 heterocycles. The third kappa shape index (κ3) is 4.82. The number of anilines is 2. The number of sulfonamides is 1. The van der Waals surface area contributed by atoms with Gasteiger partial charge in [0, 0.05) is 4.47 Å². The van der Waals surface area contributed by atoms with Crippen LogP contribution in [0, 0.1) is 5.82 Å². The minimum absolute atomic E-state index is 0.0140. The molecule has 0 aromatic heterocycles. The van der Waals surface area contributed by atoms with E-state index in [1.54, 1.807) is 18.2 Å². The van der Waals surface area contributed by atoms with Crippen molar-refractivity contribution in [2.45, 2.75) is 26.3 Å². The summed E-state index contributed by atoms with van der Waals surface area (Å²) in [4.78, 5) is 12.5. The van der Waals surface area contributed by atoms with Crippen LogP contribution in [0.2, 0.25) is 0 Å². The van der Waals surface area contributed by atoms with Crippen LogP contribution in [0.1, 0.15) is 19.4 Å². The van der Waals surface area contributed by atoms with E-state index in [-0.39, 0.29) is 5.69 Å². The van der Waals surface area contributed by atoms with Crippen LogP contribution in [0.5, 0.6) is 0 Å². The molecule has 2 aromatic rings. The molecule has 1 N–H and O–H groups in total. The highest BCUT2D eigenvalue weighted by Gasteiger charge is 2.29. The van der Waals surface area contributed by atoms with Crippen molar-refractivity contribution in [1.82, 2.24) is 0 Å². The van der Waals surface area contributed by atoms with Gasteiger partial charge in [-0.3, -0.25) is 9.10 Å². The van der Waals surface area contributed by atoms with Gasteiger partial charge in [0.05, 0.1) is 17.6 Å². The molecule has 26 heavy (non-hydrogen) atoms. The smallest absolute Gasteiger partial charge is 0.248 e. The van der Waals surface area contributed by atoms with Gasteiger partial charge in [-0.25, -0.2) is 12.8 Å². The number of amides is 1. The number of carbonyl (C=O) groups is 1. The molecule has 8 heteroatoms. The summed E-state index contributed by atoms with van der Waals surface area (Å²) in [6, 6.07) is 10.1. The van der Waals surface area contributed by atoms with Crippen molar-refractivity contribution in [1.29, 1.82) is 0 Å². The lowest BCUT2D eigenvalue weighted by atomic mass is 10.1. The normalized spacial score (nSPS) is 12.5. The zero-order chi connectivity index (χ0) is 19.5. The molecular formula is C18H20BrFN2O3S. The molecule has 0 aliphatic heterocycles. The van der Waals surface area contributed by atoms with Gasteiger partial charge in [-0.15, -0.1) is 0 Å². The molecule has 0 bridgehead atoms. The van der Waals surface area contributed by atoms with Crippen molar-refractivity contribution in [3.05, 3.63) is 58.3 Å². The van der Waals surface area contributed by atoms with Crippen LogP contribution in [0.3, 0.4) is 0 Å². The number of halogens is 2. The second-order valence-corrected chi connectivity index (χ2v) is 8.64. The molecule has 1 unspecified atom stereocenters. The average Bonchev–Trinajstić information content (AvgIpc) is 2.56. The zero-order valence-electron chi connectivity index (χ0n) is 14.7. The molecule has 0 saturated heterocycles. The number of nitrogens with zero attached hydrogens (tertiary/aromatic N) is 1. The lowest BCUT2D eigenvalue weighted by molar-refractivity contribution is -0.116. The van der Waals surface area contributed by atoms with E-state index in [1.807, 2.05) is 19.1 Å². The Labute approximate surface area is 161 Å². The Kier molecular flexibility index (Phi) is 6.41. The maximum absolute atomic E-state index is 13.9. The van der Waals surface area contributed by atoms with Gasteiger partial charge < -0.3 is 5.32 Å². The number of carbonyl (C=O) groups excluding carboxylic acids is 1. The minimum Gasteiger partial charge on any atom is -0.322 e. The van der Waals surface area contributed by atoms with Crippen LogP contribution < -0.4 is 9.62 Å². The Morgan fingerprint density at radius 1 is 1.23 bits per heavy atom. The standard InChI is InChI=1S/C18H20BrFN2O3S/c1-4-13-5-8-15(9-6-13)22(26(3,24)25)12(2)18(23)21-17-10-7-14(19)11-16(17)20/h5-12H,4H2,1-3H3,(H,21,23). The average molecular weight is 443 g/mol. The van der Waals surface area contributed by atoms with Crippen molar-refractivity contribution in [3.8, 4) is 0 Å². The summed E-state index contributed by atoms with van der Waals surface area (Å²) in [5.41, 5.74) is 1.42.